The van der Waals surface area contributed by atoms with E-state index in [2.05, 4.69) is 62.5 Å². The van der Waals surface area contributed by atoms with Crippen molar-refractivity contribution < 1.29 is 42.1 Å². The Morgan fingerprint density at radius 3 is 1.05 bits per heavy atom. The first kappa shape index (κ1) is 79.0. The van der Waals surface area contributed by atoms with Crippen LogP contribution >= 0.6 is 7.82 Å². The molecule has 0 saturated carbocycles. The summed E-state index contributed by atoms with van der Waals surface area (Å²) in [6, 6.07) is 0. The number of esters is 2. The van der Waals surface area contributed by atoms with Crippen molar-refractivity contribution in [3.05, 3.63) is 48.6 Å². The molecule has 10 heteroatoms. The molecule has 0 saturated heterocycles. The van der Waals surface area contributed by atoms with Crippen LogP contribution in [0.4, 0.5) is 0 Å². The van der Waals surface area contributed by atoms with Gasteiger partial charge in [-0.3, -0.25) is 14.2 Å². The molecule has 0 rings (SSSR count). The quantitative estimate of drug-likeness (QED) is 0.0195. The summed E-state index contributed by atoms with van der Waals surface area (Å²) < 4.78 is 34.3. The third-order valence-corrected chi connectivity index (χ3v) is 16.6. The van der Waals surface area contributed by atoms with Gasteiger partial charge in [0, 0.05) is 12.8 Å². The van der Waals surface area contributed by atoms with E-state index in [1.807, 2.05) is 21.1 Å². The zero-order valence-electron chi connectivity index (χ0n) is 54.2. The van der Waals surface area contributed by atoms with Crippen LogP contribution < -0.4 is 4.89 Å². The number of allylic oxidation sites excluding steroid dienone is 8. The zero-order chi connectivity index (χ0) is 59.1. The second kappa shape index (κ2) is 62.5. The second-order valence-electron chi connectivity index (χ2n) is 24.9. The van der Waals surface area contributed by atoms with Crippen molar-refractivity contribution in [2.45, 2.75) is 347 Å². The molecular formula is C71H134NO8P. The fourth-order valence-corrected chi connectivity index (χ4v) is 11.0. The van der Waals surface area contributed by atoms with Crippen molar-refractivity contribution >= 4 is 19.8 Å². The third-order valence-electron chi connectivity index (χ3n) is 15.6. The zero-order valence-corrected chi connectivity index (χ0v) is 55.1. The molecule has 0 spiro atoms. The number of likely N-dealkylation sites (N-methyl/N-ethyl adjacent to an activating group) is 1. The molecule has 0 heterocycles. The summed E-state index contributed by atoms with van der Waals surface area (Å²) in [4.78, 5) is 38.0. The van der Waals surface area contributed by atoms with Gasteiger partial charge < -0.3 is 27.9 Å². The van der Waals surface area contributed by atoms with Gasteiger partial charge in [0.05, 0.1) is 27.7 Å². The summed E-state index contributed by atoms with van der Waals surface area (Å²) in [5.41, 5.74) is 0. The van der Waals surface area contributed by atoms with E-state index in [1.54, 1.807) is 0 Å². The number of hydrogen-bond acceptors (Lipinski definition) is 8. The first-order valence-corrected chi connectivity index (χ1v) is 36.3. The Morgan fingerprint density at radius 1 is 0.395 bits per heavy atom. The maximum absolute atomic E-state index is 12.8. The third kappa shape index (κ3) is 67.0. The van der Waals surface area contributed by atoms with E-state index < -0.39 is 26.5 Å². The van der Waals surface area contributed by atoms with Crippen LogP contribution in [0.1, 0.15) is 341 Å². The number of nitrogens with zero attached hydrogens (tertiary/aromatic N) is 1. The van der Waals surface area contributed by atoms with E-state index in [1.165, 1.54) is 244 Å². The van der Waals surface area contributed by atoms with Gasteiger partial charge in [0.1, 0.15) is 19.8 Å². The summed E-state index contributed by atoms with van der Waals surface area (Å²) in [5.74, 6) is -0.819. The Bertz CT molecular complexity index is 1510. The van der Waals surface area contributed by atoms with Gasteiger partial charge in [-0.2, -0.15) is 0 Å². The highest BCUT2D eigenvalue weighted by atomic mass is 31.2. The lowest BCUT2D eigenvalue weighted by molar-refractivity contribution is -0.870. The second-order valence-corrected chi connectivity index (χ2v) is 26.3. The highest BCUT2D eigenvalue weighted by molar-refractivity contribution is 7.45. The van der Waals surface area contributed by atoms with E-state index in [0.29, 0.717) is 17.4 Å². The Hall–Kier alpha value is -2.03. The van der Waals surface area contributed by atoms with Crippen LogP contribution in [-0.4, -0.2) is 70.0 Å². The van der Waals surface area contributed by atoms with Crippen LogP contribution in [0.15, 0.2) is 48.6 Å². The Labute approximate surface area is 503 Å². The number of phosphoric acid groups is 1. The normalized spacial score (nSPS) is 13.4. The molecule has 0 aliphatic heterocycles. The van der Waals surface area contributed by atoms with E-state index in [-0.39, 0.29) is 32.0 Å². The first-order valence-electron chi connectivity index (χ1n) is 34.8. The molecule has 0 N–H and O–H groups in total. The van der Waals surface area contributed by atoms with Crippen LogP contribution in [0.25, 0.3) is 0 Å². The van der Waals surface area contributed by atoms with Crippen molar-refractivity contribution in [2.75, 3.05) is 47.5 Å². The Balaban J connectivity index is 3.99. The van der Waals surface area contributed by atoms with Crippen LogP contribution in [0, 0.1) is 0 Å². The van der Waals surface area contributed by atoms with Gasteiger partial charge in [-0.25, -0.2) is 0 Å². The van der Waals surface area contributed by atoms with Gasteiger partial charge >= 0.3 is 11.9 Å². The van der Waals surface area contributed by atoms with Gasteiger partial charge in [0.15, 0.2) is 6.10 Å². The van der Waals surface area contributed by atoms with Crippen molar-refractivity contribution in [1.82, 2.24) is 0 Å². The topological polar surface area (TPSA) is 111 Å². The van der Waals surface area contributed by atoms with Crippen molar-refractivity contribution in [1.29, 1.82) is 0 Å². The minimum Gasteiger partial charge on any atom is -0.756 e. The molecule has 0 aliphatic carbocycles. The Kier molecular flexibility index (Phi) is 60.9. The molecule has 0 bridgehead atoms. The average molecular weight is 1160 g/mol. The number of hydrogen-bond donors (Lipinski definition) is 0. The predicted molar refractivity (Wildman–Crippen MR) is 347 cm³/mol. The number of unbranched alkanes of at least 4 members (excludes halogenated alkanes) is 43. The SMILES string of the molecule is CC/C=C\C/C=C\C/C=C\C/C=C\CCCCCCCCCCCCCCC(=O)OC(COC(=O)CCCCCCCCCCCCCCCCCCCCCCCCCCCCCCCCCC)COP(=O)([O-])OCC[N+](C)(C)C. The van der Waals surface area contributed by atoms with Gasteiger partial charge in [-0.05, 0) is 51.4 Å². The minimum absolute atomic E-state index is 0.0301. The van der Waals surface area contributed by atoms with E-state index in [4.69, 9.17) is 18.5 Å². The van der Waals surface area contributed by atoms with Crippen LogP contribution in [0.3, 0.4) is 0 Å². The average Bonchev–Trinajstić information content (AvgIpc) is 3.43. The number of ether oxygens (including phenoxy) is 2. The van der Waals surface area contributed by atoms with Crippen LogP contribution in [-0.2, 0) is 32.7 Å². The van der Waals surface area contributed by atoms with Crippen molar-refractivity contribution in [3.8, 4) is 0 Å². The molecule has 2 unspecified atom stereocenters. The molecule has 9 nitrogen and oxygen atoms in total. The summed E-state index contributed by atoms with van der Waals surface area (Å²) in [6.07, 6.45) is 80.6. The van der Waals surface area contributed by atoms with E-state index in [0.717, 1.165) is 64.2 Å². The largest absolute Gasteiger partial charge is 0.756 e. The first-order chi connectivity index (χ1) is 39.5. The van der Waals surface area contributed by atoms with Crippen molar-refractivity contribution in [2.24, 2.45) is 0 Å². The molecule has 0 aromatic heterocycles. The standard InChI is InChI=1S/C71H134NO8P/c1-6-8-10-12-14-16-18-20-22-24-26-28-30-32-33-34-35-36-37-38-40-41-43-45-47-49-51-53-55-57-59-61-63-70(73)77-67-69(68-79-81(75,76)78-66-65-72(3,4)5)80-71(74)64-62-60-58-56-54-52-50-48-46-44-42-39-31-29-27-25-23-21-19-17-15-13-11-9-7-2/h9,11,15,17,21,23,27,29,69H,6-8,10,12-14,16,18-20,22,24-26,28,30-68H2,1-5H3/b11-9-,17-15-,23-21-,29-27-. The monoisotopic (exact) mass is 1160 g/mol. The molecule has 0 fully saturated rings. The van der Waals surface area contributed by atoms with Gasteiger partial charge in [-0.15, -0.1) is 0 Å². The lowest BCUT2D eigenvalue weighted by Gasteiger charge is -2.28. The van der Waals surface area contributed by atoms with Gasteiger partial charge in [-0.1, -0.05) is 326 Å². The van der Waals surface area contributed by atoms with E-state index in [9.17, 15) is 19.0 Å². The molecule has 2 atom stereocenters. The summed E-state index contributed by atoms with van der Waals surface area (Å²) in [7, 11) is 1.18. The molecule has 0 radical (unpaired) electrons. The van der Waals surface area contributed by atoms with Gasteiger partial charge in [0.25, 0.3) is 7.82 Å². The van der Waals surface area contributed by atoms with Gasteiger partial charge in [0.2, 0.25) is 0 Å². The fraction of sp³-hybridized carbons (Fsp3) is 0.859. The highest BCUT2D eigenvalue weighted by Crippen LogP contribution is 2.38. The maximum atomic E-state index is 12.8. The highest BCUT2D eigenvalue weighted by Gasteiger charge is 2.22. The number of phosphoric ester groups is 1. The van der Waals surface area contributed by atoms with Crippen molar-refractivity contribution in [3.63, 3.8) is 0 Å². The number of carbonyl (C=O) groups excluding carboxylic acids is 2. The molecule has 0 aromatic rings. The molecule has 81 heavy (non-hydrogen) atoms. The smallest absolute Gasteiger partial charge is 0.306 e. The molecule has 0 amide bonds. The van der Waals surface area contributed by atoms with Crippen LogP contribution in [0.5, 0.6) is 0 Å². The molecule has 0 aromatic carbocycles. The van der Waals surface area contributed by atoms with E-state index >= 15 is 0 Å². The summed E-state index contributed by atoms with van der Waals surface area (Å²) in [5, 5.41) is 0. The Morgan fingerprint density at radius 2 is 0.704 bits per heavy atom. The lowest BCUT2D eigenvalue weighted by atomic mass is 10.0. The minimum atomic E-state index is -4.64. The van der Waals surface area contributed by atoms with Crippen LogP contribution in [0.2, 0.25) is 0 Å². The summed E-state index contributed by atoms with van der Waals surface area (Å²) >= 11 is 0. The molecular weight excluding hydrogens is 1030 g/mol. The summed E-state index contributed by atoms with van der Waals surface area (Å²) in [6.45, 7) is 4.19. The molecule has 0 aliphatic rings. The number of rotatable bonds is 65. The number of carbonyl (C=O) groups is 2. The predicted octanol–water partition coefficient (Wildman–Crippen LogP) is 21.8. The maximum Gasteiger partial charge on any atom is 0.306 e. The fourth-order valence-electron chi connectivity index (χ4n) is 10.3. The lowest BCUT2D eigenvalue weighted by Crippen LogP contribution is -2.37. The number of quaternary nitrogens is 1. The molecule has 476 valence electrons.